The smallest absolute Gasteiger partial charge is 0.276 e. The van der Waals surface area contributed by atoms with Gasteiger partial charge in [0.25, 0.3) is 11.1 Å². The largest absolute Gasteiger partial charge is 0.320 e. The predicted octanol–water partition coefficient (Wildman–Crippen LogP) is 3.17. The fourth-order valence-corrected chi connectivity index (χ4v) is 1.94. The Hall–Kier alpha value is -2.34. The van der Waals surface area contributed by atoms with Gasteiger partial charge in [-0.1, -0.05) is 6.07 Å². The van der Waals surface area contributed by atoms with Crippen molar-refractivity contribution in [3.8, 4) is 0 Å². The molecule has 0 atom stereocenters. The highest BCUT2D eigenvalue weighted by molar-refractivity contribution is 6.67. The van der Waals surface area contributed by atoms with E-state index in [2.05, 4.69) is 15.3 Å². The topological polar surface area (TPSA) is 72.0 Å². The summed E-state index contributed by atoms with van der Waals surface area (Å²) >= 11 is 5.45. The molecular weight excluding hydrogens is 309 g/mol. The van der Waals surface area contributed by atoms with E-state index in [1.165, 1.54) is 18.2 Å². The molecule has 0 aliphatic carbocycles. The number of amides is 1. The summed E-state index contributed by atoms with van der Waals surface area (Å²) in [5.41, 5.74) is 1.55. The highest BCUT2D eigenvalue weighted by Gasteiger charge is 2.21. The molecule has 1 N–H and O–H groups in total. The van der Waals surface area contributed by atoms with Crippen molar-refractivity contribution in [2.45, 2.75) is 20.8 Å². The summed E-state index contributed by atoms with van der Waals surface area (Å²) in [5.74, 6) is -1.16. The Balaban J connectivity index is 2.43. The van der Waals surface area contributed by atoms with Crippen molar-refractivity contribution in [2.75, 3.05) is 5.32 Å². The highest BCUT2D eigenvalue weighted by Crippen LogP contribution is 2.18. The first-order valence-corrected chi connectivity index (χ1v) is 6.80. The summed E-state index contributed by atoms with van der Waals surface area (Å²) in [5, 5.41) is 1.64. The number of halogens is 2. The maximum Gasteiger partial charge on any atom is 0.276 e. The van der Waals surface area contributed by atoms with Gasteiger partial charge in [0.1, 0.15) is 5.82 Å². The van der Waals surface area contributed by atoms with Crippen LogP contribution in [0.15, 0.2) is 18.2 Å². The molecule has 0 radical (unpaired) electrons. The average molecular weight is 322 g/mol. The van der Waals surface area contributed by atoms with Gasteiger partial charge in [0, 0.05) is 5.69 Å². The van der Waals surface area contributed by atoms with Crippen molar-refractivity contribution in [2.24, 2.45) is 0 Å². The Labute approximate surface area is 131 Å². The van der Waals surface area contributed by atoms with Crippen molar-refractivity contribution in [3.05, 3.63) is 52.4 Å². The molecule has 1 amide bonds. The van der Waals surface area contributed by atoms with Crippen molar-refractivity contribution >= 4 is 28.4 Å². The molecular formula is C15H13ClFN3O2. The third kappa shape index (κ3) is 3.28. The van der Waals surface area contributed by atoms with Gasteiger partial charge in [0.05, 0.1) is 11.4 Å². The molecule has 0 aliphatic rings. The summed E-state index contributed by atoms with van der Waals surface area (Å²) < 4.78 is 13.3. The fraction of sp³-hybridized carbons (Fsp3) is 0.200. The normalized spacial score (nSPS) is 10.4. The third-order valence-corrected chi connectivity index (χ3v) is 3.34. The summed E-state index contributed by atoms with van der Waals surface area (Å²) in [6, 6.07) is 4.00. The number of carbonyl (C=O) groups is 2. The first-order chi connectivity index (χ1) is 10.3. The summed E-state index contributed by atoms with van der Waals surface area (Å²) in [6.45, 7) is 5.04. The fourth-order valence-electron chi connectivity index (χ4n) is 1.81. The molecule has 0 bridgehead atoms. The molecule has 0 saturated heterocycles. The number of nitrogens with zero attached hydrogens (tertiary/aromatic N) is 2. The first-order valence-electron chi connectivity index (χ1n) is 6.42. The van der Waals surface area contributed by atoms with E-state index in [0.29, 0.717) is 17.0 Å². The quantitative estimate of drug-likeness (QED) is 0.881. The van der Waals surface area contributed by atoms with Gasteiger partial charge in [0.2, 0.25) is 0 Å². The third-order valence-electron chi connectivity index (χ3n) is 3.16. The van der Waals surface area contributed by atoms with Crippen LogP contribution in [0.1, 0.15) is 37.9 Å². The molecule has 0 aliphatic heterocycles. The number of benzene rings is 1. The van der Waals surface area contributed by atoms with Gasteiger partial charge in [-0.2, -0.15) is 0 Å². The Bertz CT molecular complexity index is 778. The zero-order valence-corrected chi connectivity index (χ0v) is 13.0. The van der Waals surface area contributed by atoms with Crippen molar-refractivity contribution < 1.29 is 14.0 Å². The second-order valence-electron chi connectivity index (χ2n) is 4.78. The van der Waals surface area contributed by atoms with Crippen LogP contribution in [-0.2, 0) is 0 Å². The van der Waals surface area contributed by atoms with Crippen molar-refractivity contribution in [1.29, 1.82) is 0 Å². The lowest BCUT2D eigenvalue weighted by atomic mass is 10.2. The van der Waals surface area contributed by atoms with Gasteiger partial charge in [-0.3, -0.25) is 9.59 Å². The number of rotatable bonds is 3. The van der Waals surface area contributed by atoms with E-state index in [1.54, 1.807) is 20.8 Å². The van der Waals surface area contributed by atoms with E-state index in [-0.39, 0.29) is 17.1 Å². The molecule has 5 nitrogen and oxygen atoms in total. The second kappa shape index (κ2) is 6.19. The van der Waals surface area contributed by atoms with Crippen LogP contribution < -0.4 is 5.32 Å². The standard InChI is InChI=1S/C15H13ClFN3O2/c1-7-4-5-10(17)6-11(7)20-15(22)13-12(14(16)21)18-8(2)9(3)19-13/h4-6H,1-3H3,(H,20,22). The molecule has 0 saturated carbocycles. The van der Waals surface area contributed by atoms with Gasteiger partial charge in [-0.15, -0.1) is 0 Å². The number of hydrogen-bond acceptors (Lipinski definition) is 4. The molecule has 2 aromatic rings. The molecule has 0 spiro atoms. The Morgan fingerprint density at radius 3 is 2.27 bits per heavy atom. The van der Waals surface area contributed by atoms with E-state index in [9.17, 15) is 14.0 Å². The van der Waals surface area contributed by atoms with E-state index in [0.717, 1.165) is 0 Å². The van der Waals surface area contributed by atoms with Crippen LogP contribution in [0.25, 0.3) is 0 Å². The molecule has 1 aromatic heterocycles. The zero-order valence-electron chi connectivity index (χ0n) is 12.2. The number of aryl methyl sites for hydroxylation is 3. The molecule has 1 aromatic carbocycles. The van der Waals surface area contributed by atoms with Gasteiger partial charge in [-0.25, -0.2) is 14.4 Å². The molecule has 0 fully saturated rings. The van der Waals surface area contributed by atoms with Gasteiger partial charge in [0.15, 0.2) is 11.4 Å². The SMILES string of the molecule is Cc1ccc(F)cc1NC(=O)c1nc(C)c(C)nc1C(=O)Cl. The van der Waals surface area contributed by atoms with Crippen molar-refractivity contribution in [1.82, 2.24) is 9.97 Å². The second-order valence-corrected chi connectivity index (χ2v) is 5.12. The number of carbonyl (C=O) groups excluding carboxylic acids is 2. The minimum absolute atomic E-state index is 0.188. The van der Waals surface area contributed by atoms with Crippen LogP contribution in [0.5, 0.6) is 0 Å². The van der Waals surface area contributed by atoms with E-state index < -0.39 is 17.0 Å². The molecule has 2 rings (SSSR count). The maximum atomic E-state index is 13.3. The monoisotopic (exact) mass is 321 g/mol. The lowest BCUT2D eigenvalue weighted by molar-refractivity contribution is 0.100. The first kappa shape index (κ1) is 16.0. The molecule has 114 valence electrons. The molecule has 7 heteroatoms. The number of aromatic nitrogens is 2. The molecule has 0 unspecified atom stereocenters. The minimum atomic E-state index is -0.878. The Morgan fingerprint density at radius 2 is 1.68 bits per heavy atom. The maximum absolute atomic E-state index is 13.3. The predicted molar refractivity (Wildman–Crippen MR) is 80.8 cm³/mol. The lowest BCUT2D eigenvalue weighted by Gasteiger charge is -2.11. The van der Waals surface area contributed by atoms with Crippen LogP contribution in [0, 0.1) is 26.6 Å². The lowest BCUT2D eigenvalue weighted by Crippen LogP contribution is -2.20. The van der Waals surface area contributed by atoms with Crippen molar-refractivity contribution in [3.63, 3.8) is 0 Å². The summed E-state index contributed by atoms with van der Waals surface area (Å²) in [4.78, 5) is 31.8. The number of nitrogens with one attached hydrogen (secondary N) is 1. The highest BCUT2D eigenvalue weighted by atomic mass is 35.5. The minimum Gasteiger partial charge on any atom is -0.320 e. The van der Waals surface area contributed by atoms with E-state index >= 15 is 0 Å². The van der Waals surface area contributed by atoms with Gasteiger partial charge >= 0.3 is 0 Å². The van der Waals surface area contributed by atoms with Gasteiger partial charge < -0.3 is 5.32 Å². The van der Waals surface area contributed by atoms with Crippen LogP contribution in [-0.4, -0.2) is 21.1 Å². The van der Waals surface area contributed by atoms with E-state index in [4.69, 9.17) is 11.6 Å². The summed E-state index contributed by atoms with van der Waals surface area (Å²) in [6.07, 6.45) is 0. The van der Waals surface area contributed by atoms with E-state index in [1.807, 2.05) is 0 Å². The zero-order chi connectivity index (χ0) is 16.4. The average Bonchev–Trinajstić information content (AvgIpc) is 2.45. The Morgan fingerprint density at radius 1 is 1.09 bits per heavy atom. The number of hydrogen-bond donors (Lipinski definition) is 1. The number of anilines is 1. The van der Waals surface area contributed by atoms with Gasteiger partial charge in [-0.05, 0) is 50.1 Å². The van der Waals surface area contributed by atoms with Crippen LogP contribution in [0.2, 0.25) is 0 Å². The van der Waals surface area contributed by atoms with Crippen LogP contribution in [0.3, 0.4) is 0 Å². The molecule has 1 heterocycles. The summed E-state index contributed by atoms with van der Waals surface area (Å²) in [7, 11) is 0. The Kier molecular flexibility index (Phi) is 4.51. The van der Waals surface area contributed by atoms with Crippen LogP contribution in [0.4, 0.5) is 10.1 Å². The van der Waals surface area contributed by atoms with Crippen LogP contribution >= 0.6 is 11.6 Å². The molecule has 22 heavy (non-hydrogen) atoms.